The molecule has 0 spiro atoms. The van der Waals surface area contributed by atoms with Crippen LogP contribution in [0.25, 0.3) is 0 Å². The molecule has 1 heterocycles. The van der Waals surface area contributed by atoms with Gasteiger partial charge in [0.25, 0.3) is 0 Å². The Kier molecular flexibility index (Phi) is 3.29. The Bertz CT molecular complexity index is 433. The van der Waals surface area contributed by atoms with E-state index in [1.807, 2.05) is 24.3 Å². The quantitative estimate of drug-likeness (QED) is 0.444. The molecule has 1 fully saturated rings. The molecule has 0 aromatic heterocycles. The molecule has 0 radical (unpaired) electrons. The Morgan fingerprint density at radius 2 is 2.18 bits per heavy atom. The van der Waals surface area contributed by atoms with Crippen LogP contribution in [0.2, 0.25) is 0 Å². The lowest BCUT2D eigenvalue weighted by Crippen LogP contribution is -2.11. The van der Waals surface area contributed by atoms with Gasteiger partial charge in [0.15, 0.2) is 0 Å². The zero-order valence-electron chi connectivity index (χ0n) is 9.94. The van der Waals surface area contributed by atoms with E-state index in [0.717, 1.165) is 18.6 Å². The molecule has 90 valence electrons. The zero-order valence-corrected chi connectivity index (χ0v) is 9.94. The first-order chi connectivity index (χ1) is 8.13. The highest BCUT2D eigenvalue weighted by Crippen LogP contribution is 2.31. The third-order valence-electron chi connectivity index (χ3n) is 2.86. The second-order valence-electron chi connectivity index (χ2n) is 4.50. The highest BCUT2D eigenvalue weighted by atomic mass is 16.6. The number of carbonyl (C=O) groups excluding carboxylic acids is 1. The summed E-state index contributed by atoms with van der Waals surface area (Å²) in [6.45, 7) is 6.54. The molecular weight excluding hydrogens is 216 g/mol. The molecule has 1 atom stereocenters. The van der Waals surface area contributed by atoms with Crippen LogP contribution < -0.4 is 0 Å². The van der Waals surface area contributed by atoms with Gasteiger partial charge in [-0.15, -0.1) is 0 Å². The third kappa shape index (κ3) is 3.17. The van der Waals surface area contributed by atoms with Gasteiger partial charge in [-0.25, -0.2) is 4.79 Å². The molecule has 0 bridgehead atoms. The summed E-state index contributed by atoms with van der Waals surface area (Å²) in [7, 11) is 0. The Morgan fingerprint density at radius 3 is 2.76 bits per heavy atom. The van der Waals surface area contributed by atoms with Crippen LogP contribution in [-0.4, -0.2) is 18.2 Å². The fourth-order valence-electron chi connectivity index (χ4n) is 1.71. The first-order valence-corrected chi connectivity index (χ1v) is 5.63. The summed E-state index contributed by atoms with van der Waals surface area (Å²) < 4.78 is 10.4. The highest BCUT2D eigenvalue weighted by Gasteiger charge is 2.39. The second kappa shape index (κ2) is 4.72. The molecule has 0 amide bonds. The molecule has 1 aliphatic rings. The van der Waals surface area contributed by atoms with E-state index in [9.17, 15) is 4.79 Å². The van der Waals surface area contributed by atoms with Crippen molar-refractivity contribution in [2.45, 2.75) is 25.6 Å². The van der Waals surface area contributed by atoms with Crippen LogP contribution in [0.1, 0.15) is 18.1 Å². The molecule has 1 aromatic carbocycles. The van der Waals surface area contributed by atoms with E-state index in [4.69, 9.17) is 9.47 Å². The lowest BCUT2D eigenvalue weighted by atomic mass is 9.98. The van der Waals surface area contributed by atoms with E-state index in [-0.39, 0.29) is 12.2 Å². The van der Waals surface area contributed by atoms with E-state index in [1.165, 1.54) is 11.6 Å². The van der Waals surface area contributed by atoms with Gasteiger partial charge in [0.1, 0.15) is 6.61 Å². The standard InChI is InChI=1S/C14H16O3/c1-3-13(15)16-9-12-7-5-4-6-11(12)8-14(2)10-17-14/h3-7H,1,8-10H2,2H3. The topological polar surface area (TPSA) is 38.8 Å². The Balaban J connectivity index is 2.04. The lowest BCUT2D eigenvalue weighted by Gasteiger charge is -2.11. The van der Waals surface area contributed by atoms with Crippen molar-refractivity contribution >= 4 is 5.97 Å². The van der Waals surface area contributed by atoms with Crippen molar-refractivity contribution in [3.05, 3.63) is 48.0 Å². The van der Waals surface area contributed by atoms with Crippen molar-refractivity contribution in [3.63, 3.8) is 0 Å². The van der Waals surface area contributed by atoms with Gasteiger partial charge in [0, 0.05) is 12.5 Å². The lowest BCUT2D eigenvalue weighted by molar-refractivity contribution is -0.138. The van der Waals surface area contributed by atoms with E-state index < -0.39 is 5.97 Å². The van der Waals surface area contributed by atoms with Gasteiger partial charge in [-0.05, 0) is 18.1 Å². The molecule has 1 aromatic rings. The Labute approximate surface area is 101 Å². The number of hydrogen-bond donors (Lipinski definition) is 0. The molecule has 3 nitrogen and oxygen atoms in total. The molecule has 0 N–H and O–H groups in total. The Morgan fingerprint density at radius 1 is 1.53 bits per heavy atom. The number of esters is 1. The summed E-state index contributed by atoms with van der Waals surface area (Å²) in [4.78, 5) is 11.0. The number of benzene rings is 1. The maximum Gasteiger partial charge on any atom is 0.330 e. The number of hydrogen-bond acceptors (Lipinski definition) is 3. The minimum absolute atomic E-state index is 0.0292. The molecular formula is C14H16O3. The largest absolute Gasteiger partial charge is 0.458 e. The highest BCUT2D eigenvalue weighted by molar-refractivity contribution is 5.81. The van der Waals surface area contributed by atoms with Gasteiger partial charge in [-0.3, -0.25) is 0 Å². The number of rotatable bonds is 5. The molecule has 1 aliphatic heterocycles. The van der Waals surface area contributed by atoms with Gasteiger partial charge < -0.3 is 9.47 Å². The molecule has 17 heavy (non-hydrogen) atoms. The van der Waals surface area contributed by atoms with Crippen LogP contribution in [0.4, 0.5) is 0 Å². The van der Waals surface area contributed by atoms with Gasteiger partial charge in [0.05, 0.1) is 12.2 Å². The summed E-state index contributed by atoms with van der Waals surface area (Å²) in [6.07, 6.45) is 2.03. The van der Waals surface area contributed by atoms with Crippen LogP contribution >= 0.6 is 0 Å². The van der Waals surface area contributed by atoms with Gasteiger partial charge in [0.2, 0.25) is 0 Å². The molecule has 3 heteroatoms. The van der Waals surface area contributed by atoms with Crippen molar-refractivity contribution < 1.29 is 14.3 Å². The van der Waals surface area contributed by atoms with Crippen molar-refractivity contribution in [1.82, 2.24) is 0 Å². The monoisotopic (exact) mass is 232 g/mol. The predicted octanol–water partition coefficient (Wildman–Crippen LogP) is 2.25. The van der Waals surface area contributed by atoms with Gasteiger partial charge in [-0.2, -0.15) is 0 Å². The molecule has 1 saturated heterocycles. The minimum Gasteiger partial charge on any atom is -0.458 e. The van der Waals surface area contributed by atoms with Crippen molar-refractivity contribution in [3.8, 4) is 0 Å². The molecule has 0 aliphatic carbocycles. The van der Waals surface area contributed by atoms with Crippen LogP contribution in [0, 0.1) is 0 Å². The van der Waals surface area contributed by atoms with Crippen molar-refractivity contribution in [2.75, 3.05) is 6.61 Å². The average molecular weight is 232 g/mol. The summed E-state index contributed by atoms with van der Waals surface area (Å²) >= 11 is 0. The van der Waals surface area contributed by atoms with Crippen LogP contribution in [0.15, 0.2) is 36.9 Å². The summed E-state index contributed by atoms with van der Waals surface area (Å²) in [5.41, 5.74) is 2.17. The maximum atomic E-state index is 11.0. The summed E-state index contributed by atoms with van der Waals surface area (Å²) in [5, 5.41) is 0. The fourth-order valence-corrected chi connectivity index (χ4v) is 1.71. The van der Waals surface area contributed by atoms with Gasteiger partial charge in [-0.1, -0.05) is 30.8 Å². The van der Waals surface area contributed by atoms with E-state index in [0.29, 0.717) is 0 Å². The third-order valence-corrected chi connectivity index (χ3v) is 2.86. The summed E-state index contributed by atoms with van der Waals surface area (Å²) in [5.74, 6) is -0.395. The normalized spacial score (nSPS) is 21.9. The first-order valence-electron chi connectivity index (χ1n) is 5.63. The van der Waals surface area contributed by atoms with Crippen LogP contribution in [-0.2, 0) is 27.3 Å². The summed E-state index contributed by atoms with van der Waals surface area (Å²) in [6, 6.07) is 7.94. The SMILES string of the molecule is C=CC(=O)OCc1ccccc1CC1(C)CO1. The molecule has 2 rings (SSSR count). The second-order valence-corrected chi connectivity index (χ2v) is 4.50. The van der Waals surface area contributed by atoms with Gasteiger partial charge >= 0.3 is 5.97 Å². The molecule has 0 saturated carbocycles. The maximum absolute atomic E-state index is 11.0. The molecule has 1 unspecified atom stereocenters. The predicted molar refractivity (Wildman–Crippen MR) is 64.5 cm³/mol. The smallest absolute Gasteiger partial charge is 0.330 e. The Hall–Kier alpha value is -1.61. The number of carbonyl (C=O) groups is 1. The van der Waals surface area contributed by atoms with E-state index in [1.54, 1.807) is 0 Å². The number of ether oxygens (including phenoxy) is 2. The average Bonchev–Trinajstić information content (AvgIpc) is 3.05. The fraction of sp³-hybridized carbons (Fsp3) is 0.357. The van der Waals surface area contributed by atoms with Crippen molar-refractivity contribution in [1.29, 1.82) is 0 Å². The van der Waals surface area contributed by atoms with Crippen LogP contribution in [0.5, 0.6) is 0 Å². The van der Waals surface area contributed by atoms with Crippen LogP contribution in [0.3, 0.4) is 0 Å². The van der Waals surface area contributed by atoms with Crippen molar-refractivity contribution in [2.24, 2.45) is 0 Å². The minimum atomic E-state index is -0.395. The van der Waals surface area contributed by atoms with E-state index >= 15 is 0 Å². The first kappa shape index (κ1) is 11.9. The zero-order chi connectivity index (χ0) is 12.3. The number of epoxide rings is 1. The van der Waals surface area contributed by atoms with E-state index in [2.05, 4.69) is 13.5 Å².